The van der Waals surface area contributed by atoms with Gasteiger partial charge in [-0.25, -0.2) is 0 Å². The highest BCUT2D eigenvalue weighted by molar-refractivity contribution is 6.09. The number of fused-ring (bicyclic) bond motifs is 7. The molecule has 0 unspecified atom stereocenters. The molecule has 8 aromatic carbocycles. The van der Waals surface area contributed by atoms with Crippen LogP contribution in [0.4, 0.5) is 17.1 Å². The van der Waals surface area contributed by atoms with Crippen LogP contribution < -0.4 is 4.90 Å². The van der Waals surface area contributed by atoms with Crippen molar-refractivity contribution in [2.45, 2.75) is 70.6 Å². The fourth-order valence-electron chi connectivity index (χ4n) is 10.5. The topological polar surface area (TPSA) is 16.4 Å². The van der Waals surface area contributed by atoms with Gasteiger partial charge in [-0.15, -0.1) is 0 Å². The fraction of sp³-hybridized carbons (Fsp3) is 0.186. The van der Waals surface area contributed by atoms with E-state index < -0.39 is 0 Å². The molecule has 9 aromatic rings. The molecule has 0 N–H and O–H groups in total. The summed E-state index contributed by atoms with van der Waals surface area (Å²) >= 11 is 0. The minimum absolute atomic E-state index is 0.157. The minimum Gasteiger partial charge on any atom is -0.455 e. The molecule has 0 saturated heterocycles. The molecular weight excluding hydrogens is 739 g/mol. The third kappa shape index (κ3) is 5.98. The van der Waals surface area contributed by atoms with Crippen LogP contribution in [0.15, 0.2) is 180 Å². The molecule has 0 bridgehead atoms. The Morgan fingerprint density at radius 2 is 0.984 bits per heavy atom. The monoisotopic (exact) mass is 789 g/mol. The Bertz CT molecular complexity index is 3140. The first-order chi connectivity index (χ1) is 29.5. The summed E-state index contributed by atoms with van der Waals surface area (Å²) in [5, 5.41) is 2.28. The van der Waals surface area contributed by atoms with Crippen LogP contribution >= 0.6 is 0 Å². The number of benzene rings is 8. The normalized spacial score (nSPS) is 15.6. The molecule has 11 rings (SSSR count). The van der Waals surface area contributed by atoms with Crippen LogP contribution in [0.25, 0.3) is 66.4 Å². The van der Waals surface area contributed by atoms with Gasteiger partial charge in [0, 0.05) is 38.7 Å². The Hall–Kier alpha value is -6.64. The van der Waals surface area contributed by atoms with E-state index in [-0.39, 0.29) is 16.2 Å². The SMILES string of the molecule is CC1(C)CCC(C)(C)c2cc(-c3ccc(-c4cc5c(cc4N(c4ccccc4)c4ccc(-c6cccc7c6oc6ccccc67)cc4)C(C)(C)c4ccccc4-5)cc3)ccc21. The van der Waals surface area contributed by atoms with Crippen LogP contribution in [0, 0.1) is 0 Å². The van der Waals surface area contributed by atoms with Crippen molar-refractivity contribution >= 4 is 39.0 Å². The van der Waals surface area contributed by atoms with Crippen LogP contribution in [0.3, 0.4) is 0 Å². The fourth-order valence-corrected chi connectivity index (χ4v) is 10.5. The first-order valence-electron chi connectivity index (χ1n) is 21.9. The average Bonchev–Trinajstić information content (AvgIpc) is 3.77. The van der Waals surface area contributed by atoms with Crippen molar-refractivity contribution in [1.82, 2.24) is 0 Å². The highest BCUT2D eigenvalue weighted by Crippen LogP contribution is 2.54. The van der Waals surface area contributed by atoms with E-state index in [1.54, 1.807) is 0 Å². The van der Waals surface area contributed by atoms with Crippen molar-refractivity contribution in [1.29, 1.82) is 0 Å². The second kappa shape index (κ2) is 13.7. The van der Waals surface area contributed by atoms with Gasteiger partial charge in [0.2, 0.25) is 0 Å². The van der Waals surface area contributed by atoms with E-state index in [0.29, 0.717) is 0 Å². The summed E-state index contributed by atoms with van der Waals surface area (Å²) in [5.74, 6) is 0. The number of anilines is 3. The highest BCUT2D eigenvalue weighted by Gasteiger charge is 2.38. The van der Waals surface area contributed by atoms with E-state index in [0.717, 1.165) is 50.1 Å². The molecule has 0 atom stereocenters. The number of para-hydroxylation sites is 3. The van der Waals surface area contributed by atoms with Crippen molar-refractivity contribution in [2.75, 3.05) is 4.90 Å². The van der Waals surface area contributed by atoms with Gasteiger partial charge in [-0.1, -0.05) is 175 Å². The number of hydrogen-bond acceptors (Lipinski definition) is 2. The Labute approximate surface area is 360 Å². The zero-order chi connectivity index (χ0) is 41.7. The molecule has 0 aliphatic heterocycles. The number of rotatable bonds is 6. The molecule has 1 heterocycles. The van der Waals surface area contributed by atoms with Crippen LogP contribution in [0.2, 0.25) is 0 Å². The van der Waals surface area contributed by atoms with Crippen molar-refractivity contribution in [3.8, 4) is 44.5 Å². The van der Waals surface area contributed by atoms with Crippen LogP contribution in [-0.4, -0.2) is 0 Å². The zero-order valence-electron chi connectivity index (χ0n) is 36.0. The summed E-state index contributed by atoms with van der Waals surface area (Å²) in [5.41, 5.74) is 20.9. The van der Waals surface area contributed by atoms with Crippen molar-refractivity contribution in [2.24, 2.45) is 0 Å². The molecule has 61 heavy (non-hydrogen) atoms. The lowest BCUT2D eigenvalue weighted by Gasteiger charge is -2.42. The lowest BCUT2D eigenvalue weighted by molar-refractivity contribution is 0.332. The lowest BCUT2D eigenvalue weighted by atomic mass is 9.63. The van der Waals surface area contributed by atoms with Gasteiger partial charge in [0.15, 0.2) is 0 Å². The maximum Gasteiger partial charge on any atom is 0.143 e. The van der Waals surface area contributed by atoms with Gasteiger partial charge in [-0.3, -0.25) is 0 Å². The molecule has 0 radical (unpaired) electrons. The van der Waals surface area contributed by atoms with E-state index in [4.69, 9.17) is 4.42 Å². The first kappa shape index (κ1) is 37.4. The predicted molar refractivity (Wildman–Crippen MR) is 258 cm³/mol. The van der Waals surface area contributed by atoms with Gasteiger partial charge in [-0.2, -0.15) is 0 Å². The standard InChI is InChI=1S/C59H51NO/c1-57(2)33-34-58(3,4)53-35-41(29-32-51(53)57)38-23-25-40(26-24-38)48-36-49-45-17-10-12-21-50(45)59(5,6)52(49)37-54(48)60(42-15-8-7-9-16-42)43-30-27-39(28-31-43)44-19-14-20-47-46-18-11-13-22-55(46)61-56(44)47/h7-32,35-37H,33-34H2,1-6H3. The molecule has 298 valence electrons. The van der Waals surface area contributed by atoms with Crippen LogP contribution in [0.5, 0.6) is 0 Å². The zero-order valence-corrected chi connectivity index (χ0v) is 36.0. The van der Waals surface area contributed by atoms with E-state index in [1.807, 2.05) is 6.07 Å². The second-order valence-electron chi connectivity index (χ2n) is 19.2. The summed E-state index contributed by atoms with van der Waals surface area (Å²) in [7, 11) is 0. The third-order valence-electron chi connectivity index (χ3n) is 14.2. The summed E-state index contributed by atoms with van der Waals surface area (Å²) in [6.07, 6.45) is 2.42. The van der Waals surface area contributed by atoms with Gasteiger partial charge in [0.25, 0.3) is 0 Å². The predicted octanol–water partition coefficient (Wildman–Crippen LogP) is 16.7. The van der Waals surface area contributed by atoms with Gasteiger partial charge >= 0.3 is 0 Å². The summed E-state index contributed by atoms with van der Waals surface area (Å²) in [6.45, 7) is 14.4. The molecule has 0 saturated carbocycles. The third-order valence-corrected chi connectivity index (χ3v) is 14.2. The summed E-state index contributed by atoms with van der Waals surface area (Å²) < 4.78 is 6.48. The Kier molecular flexibility index (Phi) is 8.39. The minimum atomic E-state index is -0.157. The maximum absolute atomic E-state index is 6.48. The Morgan fingerprint density at radius 1 is 0.393 bits per heavy atom. The highest BCUT2D eigenvalue weighted by atomic mass is 16.3. The van der Waals surface area contributed by atoms with Gasteiger partial charge in [0.1, 0.15) is 11.2 Å². The molecule has 0 fully saturated rings. The van der Waals surface area contributed by atoms with Crippen molar-refractivity contribution < 1.29 is 4.42 Å². The smallest absolute Gasteiger partial charge is 0.143 e. The van der Waals surface area contributed by atoms with E-state index >= 15 is 0 Å². The van der Waals surface area contributed by atoms with E-state index in [1.165, 1.54) is 68.5 Å². The maximum atomic E-state index is 6.48. The molecule has 2 aliphatic carbocycles. The van der Waals surface area contributed by atoms with Crippen LogP contribution in [0.1, 0.15) is 76.6 Å². The lowest BCUT2D eigenvalue weighted by Crippen LogP contribution is -2.33. The first-order valence-corrected chi connectivity index (χ1v) is 21.9. The van der Waals surface area contributed by atoms with E-state index in [9.17, 15) is 0 Å². The molecule has 2 heteroatoms. The molecule has 2 nitrogen and oxygen atoms in total. The van der Waals surface area contributed by atoms with Gasteiger partial charge in [0.05, 0.1) is 5.69 Å². The summed E-state index contributed by atoms with van der Waals surface area (Å²) in [4.78, 5) is 2.45. The van der Waals surface area contributed by atoms with Crippen molar-refractivity contribution in [3.05, 3.63) is 198 Å². The molecular formula is C59H51NO. The van der Waals surface area contributed by atoms with E-state index in [2.05, 4.69) is 216 Å². The number of hydrogen-bond donors (Lipinski definition) is 0. The molecule has 1 aromatic heterocycles. The number of furan rings is 1. The van der Waals surface area contributed by atoms with Crippen LogP contribution in [-0.2, 0) is 16.2 Å². The molecule has 2 aliphatic rings. The van der Waals surface area contributed by atoms with Crippen molar-refractivity contribution in [3.63, 3.8) is 0 Å². The molecule has 0 amide bonds. The Balaban J connectivity index is 1.06. The largest absolute Gasteiger partial charge is 0.455 e. The van der Waals surface area contributed by atoms with Gasteiger partial charge < -0.3 is 9.32 Å². The average molecular weight is 790 g/mol. The second-order valence-corrected chi connectivity index (χ2v) is 19.2. The summed E-state index contributed by atoms with van der Waals surface area (Å²) in [6, 6.07) is 65.1. The quantitative estimate of drug-likeness (QED) is 0.167. The number of nitrogens with zero attached hydrogens (tertiary/aromatic N) is 1. The Morgan fingerprint density at radius 3 is 1.77 bits per heavy atom. The van der Waals surface area contributed by atoms with Gasteiger partial charge in [-0.05, 0) is 122 Å². The molecule has 0 spiro atoms.